The predicted octanol–water partition coefficient (Wildman–Crippen LogP) is 4.19. The van der Waals surface area contributed by atoms with Crippen LogP contribution in [0.4, 0.5) is 0 Å². The number of aryl methyl sites for hydroxylation is 1. The zero-order valence-corrected chi connectivity index (χ0v) is 13.3. The van der Waals surface area contributed by atoms with Crippen molar-refractivity contribution in [2.75, 3.05) is 6.54 Å². The average Bonchev–Trinajstić information content (AvgIpc) is 2.25. The lowest BCUT2D eigenvalue weighted by Crippen LogP contribution is -2.30. The van der Waals surface area contributed by atoms with E-state index in [-0.39, 0.29) is 5.91 Å². The molecule has 2 nitrogen and oxygen atoms in total. The van der Waals surface area contributed by atoms with Crippen LogP contribution in [-0.2, 0) is 0 Å². The minimum atomic E-state index is -0.117. The highest BCUT2D eigenvalue weighted by Crippen LogP contribution is 2.18. The van der Waals surface area contributed by atoms with Crippen LogP contribution in [0.1, 0.15) is 36.2 Å². The summed E-state index contributed by atoms with van der Waals surface area (Å²) < 4.78 is 0. The van der Waals surface area contributed by atoms with Gasteiger partial charge in [-0.2, -0.15) is 0 Å². The van der Waals surface area contributed by atoms with E-state index in [1.165, 1.54) is 0 Å². The number of carbonyl (C=O) groups is 1. The topological polar surface area (TPSA) is 29.1 Å². The monoisotopic (exact) mass is 331 g/mol. The summed E-state index contributed by atoms with van der Waals surface area (Å²) >= 11 is 9.61. The zero-order valence-electron chi connectivity index (χ0n) is 11.0. The second-order valence-corrected chi connectivity index (χ2v) is 6.62. The molecule has 0 radical (unpaired) electrons. The summed E-state index contributed by atoms with van der Waals surface area (Å²) in [6.07, 6.45) is 1.03. The molecule has 1 unspecified atom stereocenters. The summed E-state index contributed by atoms with van der Waals surface area (Å²) in [6.45, 7) is 6.88. The number of carbonyl (C=O) groups excluding carboxylic acids is 1. The fraction of sp³-hybridized carbons (Fsp3) is 0.500. The van der Waals surface area contributed by atoms with E-state index in [0.29, 0.717) is 27.9 Å². The van der Waals surface area contributed by atoms with Gasteiger partial charge in [0.05, 0.1) is 10.6 Å². The van der Waals surface area contributed by atoms with Gasteiger partial charge >= 0.3 is 0 Å². The SMILES string of the molecule is Cc1ccc(C(=O)NCC(Br)CC(C)C)c(Cl)c1. The second-order valence-electron chi connectivity index (χ2n) is 4.92. The Balaban J connectivity index is 2.55. The van der Waals surface area contributed by atoms with E-state index in [1.54, 1.807) is 12.1 Å². The van der Waals surface area contributed by atoms with Crippen LogP contribution in [0.2, 0.25) is 5.02 Å². The van der Waals surface area contributed by atoms with Crippen LogP contribution in [0.3, 0.4) is 0 Å². The lowest BCUT2D eigenvalue weighted by Gasteiger charge is -2.13. The van der Waals surface area contributed by atoms with Gasteiger partial charge in [0, 0.05) is 11.4 Å². The van der Waals surface area contributed by atoms with Crippen LogP contribution < -0.4 is 5.32 Å². The second kappa shape index (κ2) is 7.15. The van der Waals surface area contributed by atoms with E-state index in [1.807, 2.05) is 13.0 Å². The molecular formula is C14H19BrClNO. The third-order valence-electron chi connectivity index (χ3n) is 2.58. The fourth-order valence-electron chi connectivity index (χ4n) is 1.70. The highest BCUT2D eigenvalue weighted by Gasteiger charge is 2.12. The minimum Gasteiger partial charge on any atom is -0.351 e. The van der Waals surface area contributed by atoms with Crippen molar-refractivity contribution < 1.29 is 4.79 Å². The summed E-state index contributed by atoms with van der Waals surface area (Å²) in [4.78, 5) is 12.2. The van der Waals surface area contributed by atoms with E-state index in [4.69, 9.17) is 11.6 Å². The standard InChI is InChI=1S/C14H19BrClNO/c1-9(2)6-11(15)8-17-14(18)12-5-4-10(3)7-13(12)16/h4-5,7,9,11H,6,8H2,1-3H3,(H,17,18). The zero-order chi connectivity index (χ0) is 13.7. The largest absolute Gasteiger partial charge is 0.351 e. The van der Waals surface area contributed by atoms with Crippen LogP contribution >= 0.6 is 27.5 Å². The predicted molar refractivity (Wildman–Crippen MR) is 80.7 cm³/mol. The minimum absolute atomic E-state index is 0.117. The summed E-state index contributed by atoms with van der Waals surface area (Å²) in [5.41, 5.74) is 1.58. The Morgan fingerprint density at radius 2 is 2.11 bits per heavy atom. The van der Waals surface area contributed by atoms with Crippen LogP contribution in [0.15, 0.2) is 18.2 Å². The van der Waals surface area contributed by atoms with Gasteiger partial charge in [-0.15, -0.1) is 0 Å². The molecule has 100 valence electrons. The molecule has 0 spiro atoms. The Kier molecular flexibility index (Phi) is 6.16. The molecule has 0 fully saturated rings. The third kappa shape index (κ3) is 4.99. The quantitative estimate of drug-likeness (QED) is 0.805. The molecule has 18 heavy (non-hydrogen) atoms. The number of alkyl halides is 1. The first-order chi connectivity index (χ1) is 8.40. The molecule has 1 rings (SSSR count). The van der Waals surface area contributed by atoms with Crippen LogP contribution in [0.5, 0.6) is 0 Å². The number of rotatable bonds is 5. The summed E-state index contributed by atoms with van der Waals surface area (Å²) in [7, 11) is 0. The van der Waals surface area contributed by atoms with E-state index in [0.717, 1.165) is 12.0 Å². The molecule has 0 heterocycles. The van der Waals surface area contributed by atoms with Crippen molar-refractivity contribution in [3.63, 3.8) is 0 Å². The first kappa shape index (κ1) is 15.5. The van der Waals surface area contributed by atoms with Gasteiger partial charge < -0.3 is 5.32 Å². The van der Waals surface area contributed by atoms with Crippen molar-refractivity contribution in [2.24, 2.45) is 5.92 Å². The molecule has 0 aliphatic carbocycles. The third-order valence-corrected chi connectivity index (χ3v) is 3.59. The Hall–Kier alpha value is -0.540. The Labute approximate surface area is 122 Å². The van der Waals surface area contributed by atoms with Gasteiger partial charge in [-0.25, -0.2) is 0 Å². The van der Waals surface area contributed by atoms with Crippen molar-refractivity contribution in [3.8, 4) is 0 Å². The van der Waals surface area contributed by atoms with E-state index in [2.05, 4.69) is 35.1 Å². The summed E-state index contributed by atoms with van der Waals surface area (Å²) in [6, 6.07) is 5.45. The fourth-order valence-corrected chi connectivity index (χ4v) is 2.93. The molecule has 0 aliphatic heterocycles. The smallest absolute Gasteiger partial charge is 0.252 e. The molecule has 1 aromatic rings. The van der Waals surface area contributed by atoms with Crippen molar-refractivity contribution in [3.05, 3.63) is 34.3 Å². The number of nitrogens with one attached hydrogen (secondary N) is 1. The maximum Gasteiger partial charge on any atom is 0.252 e. The molecule has 0 aromatic heterocycles. The lowest BCUT2D eigenvalue weighted by molar-refractivity contribution is 0.0953. The highest BCUT2D eigenvalue weighted by atomic mass is 79.9. The summed E-state index contributed by atoms with van der Waals surface area (Å²) in [5, 5.41) is 3.40. The van der Waals surface area contributed by atoms with Crippen LogP contribution in [0.25, 0.3) is 0 Å². The van der Waals surface area contributed by atoms with Gasteiger partial charge in [0.15, 0.2) is 0 Å². The van der Waals surface area contributed by atoms with Gasteiger partial charge in [-0.1, -0.05) is 47.4 Å². The number of amides is 1. The maximum atomic E-state index is 12.0. The molecule has 0 saturated carbocycles. The van der Waals surface area contributed by atoms with E-state index >= 15 is 0 Å². The normalized spacial score (nSPS) is 12.6. The Bertz CT molecular complexity index is 420. The van der Waals surface area contributed by atoms with Crippen molar-refractivity contribution in [1.82, 2.24) is 5.32 Å². The first-order valence-electron chi connectivity index (χ1n) is 6.08. The van der Waals surface area contributed by atoms with E-state index in [9.17, 15) is 4.79 Å². The van der Waals surface area contributed by atoms with Crippen LogP contribution in [0, 0.1) is 12.8 Å². The molecule has 1 N–H and O–H groups in total. The van der Waals surface area contributed by atoms with Crippen LogP contribution in [-0.4, -0.2) is 17.3 Å². The summed E-state index contributed by atoms with van der Waals surface area (Å²) in [5.74, 6) is 0.488. The molecule has 0 saturated heterocycles. The number of hydrogen-bond acceptors (Lipinski definition) is 1. The molecule has 1 amide bonds. The van der Waals surface area contributed by atoms with E-state index < -0.39 is 0 Å². The van der Waals surface area contributed by atoms with Gasteiger partial charge in [0.25, 0.3) is 5.91 Å². The number of benzene rings is 1. The highest BCUT2D eigenvalue weighted by molar-refractivity contribution is 9.09. The molecular weight excluding hydrogens is 314 g/mol. The lowest BCUT2D eigenvalue weighted by atomic mass is 10.1. The molecule has 0 aliphatic rings. The number of halogens is 2. The molecule has 1 aromatic carbocycles. The molecule has 4 heteroatoms. The Morgan fingerprint density at radius 3 is 2.67 bits per heavy atom. The first-order valence-corrected chi connectivity index (χ1v) is 7.38. The van der Waals surface area contributed by atoms with Crippen molar-refractivity contribution in [1.29, 1.82) is 0 Å². The van der Waals surface area contributed by atoms with Gasteiger partial charge in [-0.05, 0) is 37.0 Å². The van der Waals surface area contributed by atoms with Gasteiger partial charge in [0.2, 0.25) is 0 Å². The van der Waals surface area contributed by atoms with Crippen molar-refractivity contribution >= 4 is 33.4 Å². The molecule has 1 atom stereocenters. The Morgan fingerprint density at radius 1 is 1.44 bits per heavy atom. The van der Waals surface area contributed by atoms with Gasteiger partial charge in [-0.3, -0.25) is 4.79 Å². The van der Waals surface area contributed by atoms with Crippen molar-refractivity contribution in [2.45, 2.75) is 32.0 Å². The number of hydrogen-bond donors (Lipinski definition) is 1. The van der Waals surface area contributed by atoms with Gasteiger partial charge in [0.1, 0.15) is 0 Å². The maximum absolute atomic E-state index is 12.0. The molecule has 0 bridgehead atoms. The average molecular weight is 333 g/mol.